The molecule has 0 bridgehead atoms. The van der Waals surface area contributed by atoms with Gasteiger partial charge in [0.15, 0.2) is 44.0 Å². The smallest absolute Gasteiger partial charge is 0.217 e. The van der Waals surface area contributed by atoms with Crippen LogP contribution in [0.4, 0.5) is 0 Å². The highest BCUT2D eigenvalue weighted by molar-refractivity contribution is 5.73. The minimum absolute atomic E-state index is 0.826. The lowest BCUT2D eigenvalue weighted by atomic mass is 9.93. The second kappa shape index (κ2) is 28.7. The van der Waals surface area contributed by atoms with Crippen molar-refractivity contribution < 1.29 is 168 Å². The number of aliphatic hydroxyl groups excluding tert-OH is 19. The first-order valence-electron chi connectivity index (χ1n) is 26.3. The lowest BCUT2D eigenvalue weighted by Gasteiger charge is -2.51. The Hall–Kier alpha value is -2.34. The van der Waals surface area contributed by atoms with E-state index in [1.807, 2.05) is 0 Å². The molecule has 7 saturated heterocycles. The van der Waals surface area contributed by atoms with Crippen molar-refractivity contribution >= 4 is 11.8 Å². The molecule has 0 spiro atoms. The Morgan fingerprint density at radius 3 is 1.24 bits per heavy atom. The third-order valence-corrected chi connectivity index (χ3v) is 15.2. The molecule has 0 aliphatic carbocycles. The molecule has 0 radical (unpaired) electrons. The summed E-state index contributed by atoms with van der Waals surface area (Å²) in [6.07, 6.45) is -62.0. The molecule has 0 aromatic heterocycles. The normalized spacial score (nSPS) is 51.3. The van der Waals surface area contributed by atoms with E-state index in [0.29, 0.717) is 0 Å². The van der Waals surface area contributed by atoms with Crippen molar-refractivity contribution in [2.75, 3.05) is 33.0 Å². The SMILES string of the molecule is CC(=O)N[C@@H]1[C@@H](O[C@H]2O[C@@H](C)[C@@H](O)[C@@H](O)[C@@H]2O)[C@H](O[C@@H]2O[C@H](CO)[C@@H](O[C@@H]3O[C@H](CO[C@H]4O[C@H](CO)[C@@H](O)[C@H](O)[C@@H]4O)[C@@H](O)[C@H](O[C@H]4O[C@H](CO)[C@@H](O)[C@H](O)[C@@H]4O)[C@@H]3O)[C@H](O)[C@H]2NC(C)=O)[C@@H](CO[C@H]2O[C@@H](C)[C@@H](O)[C@@H](O)[C@@H]2O)O[C@H]1O. The lowest BCUT2D eigenvalue weighted by Crippen LogP contribution is -2.71. The molecular weight excluding hydrogens is 1120 g/mol. The Labute approximate surface area is 465 Å². The van der Waals surface area contributed by atoms with Crippen molar-refractivity contribution in [1.29, 1.82) is 0 Å². The summed E-state index contributed by atoms with van der Waals surface area (Å²) in [6, 6.07) is -3.64. The van der Waals surface area contributed by atoms with Crippen molar-refractivity contribution in [2.24, 2.45) is 0 Å². The highest BCUT2D eigenvalue weighted by atomic mass is 16.8. The summed E-state index contributed by atoms with van der Waals surface area (Å²) >= 11 is 0. The Balaban J connectivity index is 1.21. The first-order valence-corrected chi connectivity index (χ1v) is 26.3. The summed E-state index contributed by atoms with van der Waals surface area (Å²) in [5.74, 6) is -1.73. The molecule has 0 unspecified atom stereocenters. The molecule has 0 saturated carbocycles. The minimum atomic E-state index is -2.29. The highest BCUT2D eigenvalue weighted by Crippen LogP contribution is 2.37. The van der Waals surface area contributed by atoms with E-state index in [4.69, 9.17) is 61.6 Å². The summed E-state index contributed by atoms with van der Waals surface area (Å²) in [5, 5.41) is 210. The van der Waals surface area contributed by atoms with E-state index in [1.165, 1.54) is 13.8 Å². The van der Waals surface area contributed by atoms with Gasteiger partial charge < -0.3 is 169 Å². The van der Waals surface area contributed by atoms with Crippen LogP contribution in [0.3, 0.4) is 0 Å². The molecule has 7 aliphatic heterocycles. The average molecular weight is 1200 g/mol. The zero-order valence-electron chi connectivity index (χ0n) is 44.4. The maximum absolute atomic E-state index is 13.0. The summed E-state index contributed by atoms with van der Waals surface area (Å²) in [6.45, 7) is -0.0441. The highest BCUT2D eigenvalue weighted by Gasteiger charge is 2.58. The Kier molecular flexibility index (Phi) is 23.5. The van der Waals surface area contributed by atoms with Crippen LogP contribution in [0.5, 0.6) is 0 Å². The molecule has 7 aliphatic rings. The van der Waals surface area contributed by atoms with E-state index in [9.17, 15) is 107 Å². The molecule has 476 valence electrons. The number of aliphatic hydroxyl groups is 19. The van der Waals surface area contributed by atoms with Crippen LogP contribution in [-0.4, -0.2) is 357 Å². The fraction of sp³-hybridized carbons (Fsp3) is 0.957. The lowest BCUT2D eigenvalue weighted by molar-refractivity contribution is -0.388. The maximum Gasteiger partial charge on any atom is 0.217 e. The van der Waals surface area contributed by atoms with Crippen LogP contribution in [0.15, 0.2) is 0 Å². The number of carbonyl (C=O) groups is 2. The third kappa shape index (κ3) is 14.5. The van der Waals surface area contributed by atoms with E-state index in [-0.39, 0.29) is 0 Å². The van der Waals surface area contributed by atoms with Gasteiger partial charge in [-0.2, -0.15) is 0 Å². The van der Waals surface area contributed by atoms with Crippen LogP contribution < -0.4 is 10.6 Å². The van der Waals surface area contributed by atoms with Crippen LogP contribution >= 0.6 is 0 Å². The van der Waals surface area contributed by atoms with Gasteiger partial charge in [0.2, 0.25) is 11.8 Å². The van der Waals surface area contributed by atoms with Gasteiger partial charge in [-0.1, -0.05) is 0 Å². The minimum Gasteiger partial charge on any atom is -0.394 e. The van der Waals surface area contributed by atoms with E-state index in [0.717, 1.165) is 13.8 Å². The number of rotatable bonds is 19. The summed E-state index contributed by atoms with van der Waals surface area (Å²) in [7, 11) is 0. The van der Waals surface area contributed by atoms with Crippen LogP contribution in [0.25, 0.3) is 0 Å². The van der Waals surface area contributed by atoms with Gasteiger partial charge in [-0.15, -0.1) is 0 Å². The zero-order valence-corrected chi connectivity index (χ0v) is 44.4. The summed E-state index contributed by atoms with van der Waals surface area (Å²) < 4.78 is 75.9. The van der Waals surface area contributed by atoms with Gasteiger partial charge in [0.05, 0.1) is 45.2 Å². The molecule has 2 amide bonds. The number of carbonyl (C=O) groups excluding carboxylic acids is 2. The molecule has 82 heavy (non-hydrogen) atoms. The van der Waals surface area contributed by atoms with Crippen molar-refractivity contribution in [1.82, 2.24) is 10.6 Å². The Morgan fingerprint density at radius 1 is 0.341 bits per heavy atom. The molecule has 0 aromatic carbocycles. The quantitative estimate of drug-likeness (QED) is 0.0571. The second-order valence-corrected chi connectivity index (χ2v) is 21.1. The van der Waals surface area contributed by atoms with E-state index in [2.05, 4.69) is 10.6 Å². The molecular formula is C46H78N2O34. The Bertz CT molecular complexity index is 2030. The van der Waals surface area contributed by atoms with Gasteiger partial charge >= 0.3 is 0 Å². The van der Waals surface area contributed by atoms with Crippen molar-refractivity contribution in [3.05, 3.63) is 0 Å². The van der Waals surface area contributed by atoms with Crippen molar-refractivity contribution in [3.63, 3.8) is 0 Å². The van der Waals surface area contributed by atoms with E-state index < -0.39 is 260 Å². The Morgan fingerprint density at radius 2 is 0.720 bits per heavy atom. The second-order valence-electron chi connectivity index (χ2n) is 21.1. The van der Waals surface area contributed by atoms with Gasteiger partial charge in [-0.25, -0.2) is 0 Å². The fourth-order valence-corrected chi connectivity index (χ4v) is 10.5. The largest absolute Gasteiger partial charge is 0.394 e. The number of ether oxygens (including phenoxy) is 13. The summed E-state index contributed by atoms with van der Waals surface area (Å²) in [5.41, 5.74) is 0. The average Bonchev–Trinajstić information content (AvgIpc) is 2.90. The summed E-state index contributed by atoms with van der Waals surface area (Å²) in [4.78, 5) is 25.7. The standard InChI is InChI=1S/C46H78N2O34/c1-10-21(54)27(60)31(64)42(72-10)71-9-18-37(38(20(40(69)74-18)48-13(4)53)81-44-33(66)28(61)22(55)11(2)73-44)80-41-19(47-12(3)52)26(59)36(16(7-51)77-41)79-46-35(68)39(82-45-34(67)30(63)24(57)15(6-50)76-45)25(58)17(78-46)8-70-43-32(65)29(62)23(56)14(5-49)75-43/h10-11,14-46,49-51,54-69H,5-9H2,1-4H3,(H,47,52)(H,48,53)/t10-,11-,14+,15+,16+,17+,18+,19+,20+,21+,22+,23+,24+,25+,26+,27+,28+,29-,30-,31-,32-,33-,34-,35-,36+,37+,38+,39-,40+,41-,42-,43-,44+,45+,46-/m0/s1. The van der Waals surface area contributed by atoms with Crippen LogP contribution in [0, 0.1) is 0 Å². The van der Waals surface area contributed by atoms with Crippen molar-refractivity contribution in [3.8, 4) is 0 Å². The van der Waals surface area contributed by atoms with Crippen LogP contribution in [0.1, 0.15) is 27.7 Å². The molecule has 35 atom stereocenters. The molecule has 21 N–H and O–H groups in total. The number of hydrogen-bond acceptors (Lipinski definition) is 34. The predicted octanol–water partition coefficient (Wildman–Crippen LogP) is -13.9. The van der Waals surface area contributed by atoms with E-state index in [1.54, 1.807) is 0 Å². The van der Waals surface area contributed by atoms with Gasteiger partial charge in [0.1, 0.15) is 159 Å². The van der Waals surface area contributed by atoms with Crippen LogP contribution in [-0.2, 0) is 71.2 Å². The zero-order chi connectivity index (χ0) is 60.5. The topological polar surface area (TPSA) is 563 Å². The molecule has 0 aromatic rings. The molecule has 36 nitrogen and oxygen atoms in total. The third-order valence-electron chi connectivity index (χ3n) is 15.2. The first kappa shape index (κ1) is 67.2. The number of amides is 2. The first-order chi connectivity index (χ1) is 38.6. The molecule has 7 fully saturated rings. The van der Waals surface area contributed by atoms with Gasteiger partial charge in [-0.3, -0.25) is 9.59 Å². The van der Waals surface area contributed by atoms with Gasteiger partial charge in [0, 0.05) is 13.8 Å². The van der Waals surface area contributed by atoms with Gasteiger partial charge in [-0.05, 0) is 13.8 Å². The monoisotopic (exact) mass is 1200 g/mol. The number of hydrogen-bond donors (Lipinski definition) is 21. The number of nitrogens with one attached hydrogen (secondary N) is 2. The fourth-order valence-electron chi connectivity index (χ4n) is 10.5. The molecule has 7 heterocycles. The predicted molar refractivity (Wildman–Crippen MR) is 252 cm³/mol. The van der Waals surface area contributed by atoms with E-state index >= 15 is 0 Å². The molecule has 7 rings (SSSR count). The molecule has 36 heteroatoms. The van der Waals surface area contributed by atoms with Crippen molar-refractivity contribution in [2.45, 2.75) is 243 Å². The van der Waals surface area contributed by atoms with Crippen LogP contribution in [0.2, 0.25) is 0 Å². The maximum atomic E-state index is 13.0. The van der Waals surface area contributed by atoms with Gasteiger partial charge in [0.25, 0.3) is 0 Å².